The Labute approximate surface area is 204 Å². The summed E-state index contributed by atoms with van der Waals surface area (Å²) in [5.74, 6) is 1.09. The zero-order valence-electron chi connectivity index (χ0n) is 19.1. The average Bonchev–Trinajstić information content (AvgIpc) is 3.15. The molecule has 1 heterocycles. The van der Waals surface area contributed by atoms with Crippen LogP contribution in [0.4, 0.5) is 0 Å². The number of aromatic nitrogens is 2. The van der Waals surface area contributed by atoms with Crippen LogP contribution in [-0.4, -0.2) is 34.3 Å². The van der Waals surface area contributed by atoms with E-state index < -0.39 is 0 Å². The van der Waals surface area contributed by atoms with E-state index in [0.717, 1.165) is 22.5 Å². The van der Waals surface area contributed by atoms with Gasteiger partial charge >= 0.3 is 0 Å². The predicted molar refractivity (Wildman–Crippen MR) is 132 cm³/mol. The molecule has 0 unspecified atom stereocenters. The van der Waals surface area contributed by atoms with E-state index in [-0.39, 0.29) is 12.5 Å². The number of ether oxygens (including phenoxy) is 2. The molecule has 4 rings (SSSR count). The molecule has 0 atom stereocenters. The molecule has 1 amide bonds. The molecular formula is C27H26ClN3O3. The van der Waals surface area contributed by atoms with Gasteiger partial charge in [-0.2, -0.15) is 5.10 Å². The Kier molecular flexibility index (Phi) is 7.62. The number of amides is 1. The summed E-state index contributed by atoms with van der Waals surface area (Å²) < 4.78 is 13.2. The van der Waals surface area contributed by atoms with Crippen LogP contribution in [0, 0.1) is 6.92 Å². The van der Waals surface area contributed by atoms with Gasteiger partial charge in [-0.15, -0.1) is 0 Å². The molecule has 0 aliphatic rings. The topological polar surface area (TPSA) is 56.6 Å². The van der Waals surface area contributed by atoms with E-state index in [2.05, 4.69) is 0 Å². The van der Waals surface area contributed by atoms with Crippen LogP contribution in [-0.2, 0) is 22.6 Å². The third-order valence-corrected chi connectivity index (χ3v) is 5.57. The quantitative estimate of drug-likeness (QED) is 0.307. The van der Waals surface area contributed by atoms with Crippen molar-refractivity contribution in [3.63, 3.8) is 0 Å². The first-order chi connectivity index (χ1) is 16.5. The molecule has 0 radical (unpaired) electrons. The highest BCUT2D eigenvalue weighted by Gasteiger charge is 2.24. The normalized spacial score (nSPS) is 10.8. The first kappa shape index (κ1) is 23.5. The van der Waals surface area contributed by atoms with Gasteiger partial charge in [0.15, 0.2) is 0 Å². The van der Waals surface area contributed by atoms with Gasteiger partial charge in [-0.1, -0.05) is 66.2 Å². The number of methoxy groups -OCH3 is 1. The molecule has 174 valence electrons. The Morgan fingerprint density at radius 3 is 2.35 bits per heavy atom. The molecule has 0 saturated carbocycles. The second-order valence-electron chi connectivity index (χ2n) is 7.84. The van der Waals surface area contributed by atoms with Crippen molar-refractivity contribution in [3.8, 4) is 17.3 Å². The number of aryl methyl sites for hydroxylation is 1. The molecule has 0 aliphatic carbocycles. The van der Waals surface area contributed by atoms with E-state index in [9.17, 15) is 4.79 Å². The van der Waals surface area contributed by atoms with E-state index in [1.807, 2.05) is 91.9 Å². The van der Waals surface area contributed by atoms with Crippen LogP contribution >= 0.6 is 11.6 Å². The lowest BCUT2D eigenvalue weighted by atomic mass is 10.1. The van der Waals surface area contributed by atoms with Gasteiger partial charge in [-0.05, 0) is 42.8 Å². The summed E-state index contributed by atoms with van der Waals surface area (Å²) >= 11 is 6.26. The monoisotopic (exact) mass is 475 g/mol. The predicted octanol–water partition coefficient (Wildman–Crippen LogP) is 5.80. The Hall–Kier alpha value is -3.61. The standard InChI is InChI=1S/C27H26ClN3O3/c1-20-25(18-30(26(32)19-33-2)17-21-10-5-3-6-11-21)27(34-24-14-7-4-8-15-24)31(29-20)23-13-9-12-22(28)16-23/h3-16H,17-19H2,1-2H3. The highest BCUT2D eigenvalue weighted by molar-refractivity contribution is 6.30. The number of nitrogens with zero attached hydrogens (tertiary/aromatic N) is 3. The first-order valence-electron chi connectivity index (χ1n) is 10.9. The van der Waals surface area contributed by atoms with Crippen LogP contribution in [0.5, 0.6) is 11.6 Å². The number of carbonyl (C=O) groups is 1. The van der Waals surface area contributed by atoms with Gasteiger partial charge in [0.2, 0.25) is 11.8 Å². The highest BCUT2D eigenvalue weighted by Crippen LogP contribution is 2.32. The molecule has 1 aromatic heterocycles. The summed E-state index contributed by atoms with van der Waals surface area (Å²) in [6, 6.07) is 26.8. The van der Waals surface area contributed by atoms with Gasteiger partial charge in [0.05, 0.1) is 23.5 Å². The van der Waals surface area contributed by atoms with Crippen LogP contribution in [0.15, 0.2) is 84.9 Å². The minimum absolute atomic E-state index is 0.0107. The molecule has 6 nitrogen and oxygen atoms in total. The summed E-state index contributed by atoms with van der Waals surface area (Å²) in [7, 11) is 1.52. The molecule has 0 spiro atoms. The lowest BCUT2D eigenvalue weighted by Crippen LogP contribution is -2.33. The minimum Gasteiger partial charge on any atom is -0.439 e. The minimum atomic E-state index is -0.119. The van der Waals surface area contributed by atoms with E-state index >= 15 is 0 Å². The number of carbonyl (C=O) groups excluding carboxylic acids is 1. The lowest BCUT2D eigenvalue weighted by Gasteiger charge is -2.23. The van der Waals surface area contributed by atoms with Crippen molar-refractivity contribution in [1.82, 2.24) is 14.7 Å². The summed E-state index contributed by atoms with van der Waals surface area (Å²) in [5.41, 5.74) is 3.36. The molecule has 4 aromatic rings. The van der Waals surface area contributed by atoms with Crippen molar-refractivity contribution in [2.45, 2.75) is 20.0 Å². The molecule has 3 aromatic carbocycles. The lowest BCUT2D eigenvalue weighted by molar-refractivity contribution is -0.136. The maximum Gasteiger partial charge on any atom is 0.249 e. The SMILES string of the molecule is COCC(=O)N(Cc1ccccc1)Cc1c(C)nn(-c2cccc(Cl)c2)c1Oc1ccccc1. The zero-order valence-corrected chi connectivity index (χ0v) is 19.9. The third-order valence-electron chi connectivity index (χ3n) is 5.33. The smallest absolute Gasteiger partial charge is 0.249 e. The van der Waals surface area contributed by atoms with Gasteiger partial charge in [0, 0.05) is 18.7 Å². The summed E-state index contributed by atoms with van der Waals surface area (Å²) in [6.45, 7) is 2.65. The molecule has 0 bridgehead atoms. The fraction of sp³-hybridized carbons (Fsp3) is 0.185. The van der Waals surface area contributed by atoms with Crippen LogP contribution in [0.2, 0.25) is 5.02 Å². The van der Waals surface area contributed by atoms with Crippen LogP contribution in [0.25, 0.3) is 5.69 Å². The maximum atomic E-state index is 13.0. The van der Waals surface area contributed by atoms with Gasteiger partial charge in [0.25, 0.3) is 0 Å². The van der Waals surface area contributed by atoms with E-state index in [0.29, 0.717) is 29.7 Å². The molecule has 0 fully saturated rings. The van der Waals surface area contributed by atoms with Gasteiger partial charge < -0.3 is 14.4 Å². The van der Waals surface area contributed by atoms with Gasteiger partial charge in [-0.25, -0.2) is 4.68 Å². The van der Waals surface area contributed by atoms with E-state index in [1.165, 1.54) is 7.11 Å². The number of hydrogen-bond acceptors (Lipinski definition) is 4. The second kappa shape index (κ2) is 11.0. The summed E-state index contributed by atoms with van der Waals surface area (Å²) in [4.78, 5) is 14.7. The average molecular weight is 476 g/mol. The summed E-state index contributed by atoms with van der Waals surface area (Å²) in [5, 5.41) is 5.34. The zero-order chi connectivity index (χ0) is 23.9. The fourth-order valence-electron chi connectivity index (χ4n) is 3.65. The number of halogens is 1. The van der Waals surface area contributed by atoms with Gasteiger partial charge in [0.1, 0.15) is 12.4 Å². The number of hydrogen-bond donors (Lipinski definition) is 0. The molecule has 0 saturated heterocycles. The molecule has 0 aliphatic heterocycles. The maximum absolute atomic E-state index is 13.0. The van der Waals surface area contributed by atoms with Crippen LogP contribution in [0.3, 0.4) is 0 Å². The van der Waals surface area contributed by atoms with Crippen molar-refractivity contribution in [3.05, 3.63) is 107 Å². The van der Waals surface area contributed by atoms with Crippen molar-refractivity contribution in [2.24, 2.45) is 0 Å². The van der Waals surface area contributed by atoms with E-state index in [4.69, 9.17) is 26.2 Å². The Balaban J connectivity index is 1.76. The fourth-order valence-corrected chi connectivity index (χ4v) is 3.83. The van der Waals surface area contributed by atoms with Crippen molar-refractivity contribution in [2.75, 3.05) is 13.7 Å². The molecular weight excluding hydrogens is 450 g/mol. The van der Waals surface area contributed by atoms with E-state index in [1.54, 1.807) is 9.58 Å². The third kappa shape index (κ3) is 5.65. The first-order valence-corrected chi connectivity index (χ1v) is 11.3. The largest absolute Gasteiger partial charge is 0.439 e. The molecule has 7 heteroatoms. The van der Waals surface area contributed by atoms with Crippen molar-refractivity contribution >= 4 is 17.5 Å². The highest BCUT2D eigenvalue weighted by atomic mass is 35.5. The Bertz CT molecular complexity index is 1240. The van der Waals surface area contributed by atoms with Crippen LogP contribution in [0.1, 0.15) is 16.8 Å². The molecule has 34 heavy (non-hydrogen) atoms. The Morgan fingerprint density at radius 1 is 0.971 bits per heavy atom. The number of rotatable bonds is 9. The number of para-hydroxylation sites is 1. The van der Waals surface area contributed by atoms with Gasteiger partial charge in [-0.3, -0.25) is 4.79 Å². The number of benzene rings is 3. The summed E-state index contributed by atoms with van der Waals surface area (Å²) in [6.07, 6.45) is 0. The Morgan fingerprint density at radius 2 is 1.68 bits per heavy atom. The van der Waals surface area contributed by atoms with Crippen LogP contribution < -0.4 is 4.74 Å². The van der Waals surface area contributed by atoms with Crippen molar-refractivity contribution in [1.29, 1.82) is 0 Å². The van der Waals surface area contributed by atoms with Crippen molar-refractivity contribution < 1.29 is 14.3 Å². The second-order valence-corrected chi connectivity index (χ2v) is 8.28. The molecule has 0 N–H and O–H groups in total.